The van der Waals surface area contributed by atoms with Crippen LogP contribution in [0.5, 0.6) is 11.5 Å². The number of hydrazine groups is 1. The van der Waals surface area contributed by atoms with E-state index in [-0.39, 0.29) is 22.9 Å². The number of halogens is 1. The summed E-state index contributed by atoms with van der Waals surface area (Å²) in [6.07, 6.45) is 0. The highest BCUT2D eigenvalue weighted by Gasteiger charge is 2.21. The van der Waals surface area contributed by atoms with E-state index in [0.717, 1.165) is 6.07 Å². The lowest BCUT2D eigenvalue weighted by atomic mass is 10.2. The molecule has 2 aromatic carbocycles. The number of rotatable bonds is 4. The topological polar surface area (TPSA) is 90.4 Å². The lowest BCUT2D eigenvalue weighted by Gasteiger charge is -2.08. The highest BCUT2D eigenvalue weighted by Crippen LogP contribution is 2.36. The molecule has 7 heteroatoms. The van der Waals surface area contributed by atoms with Gasteiger partial charge in [-0.1, -0.05) is 12.1 Å². The van der Waals surface area contributed by atoms with Gasteiger partial charge in [0, 0.05) is 6.07 Å². The van der Waals surface area contributed by atoms with E-state index in [1.54, 1.807) is 0 Å². The van der Waals surface area contributed by atoms with Gasteiger partial charge in [0.15, 0.2) is 0 Å². The SMILES string of the molecule is NNc1cccc(Oc2cccc(F)c2)c1[N+](=O)[O-]. The van der Waals surface area contributed by atoms with Crippen molar-refractivity contribution in [3.8, 4) is 11.5 Å². The van der Waals surface area contributed by atoms with Crippen LogP contribution in [0, 0.1) is 15.9 Å². The Kier molecular flexibility index (Phi) is 3.58. The Labute approximate surface area is 107 Å². The number of ether oxygens (including phenoxy) is 1. The van der Waals surface area contributed by atoms with Crippen LogP contribution in [0.25, 0.3) is 0 Å². The van der Waals surface area contributed by atoms with Gasteiger partial charge in [0.2, 0.25) is 5.75 Å². The first kappa shape index (κ1) is 12.8. The van der Waals surface area contributed by atoms with Gasteiger partial charge in [0.1, 0.15) is 17.3 Å². The van der Waals surface area contributed by atoms with E-state index in [1.807, 2.05) is 0 Å². The van der Waals surface area contributed by atoms with Crippen molar-refractivity contribution in [2.45, 2.75) is 0 Å². The van der Waals surface area contributed by atoms with Gasteiger partial charge < -0.3 is 10.2 Å². The second-order valence-corrected chi connectivity index (χ2v) is 3.61. The number of hydrogen-bond acceptors (Lipinski definition) is 5. The maximum Gasteiger partial charge on any atom is 0.335 e. The van der Waals surface area contributed by atoms with Crippen molar-refractivity contribution in [2.24, 2.45) is 5.84 Å². The molecule has 0 fully saturated rings. The van der Waals surface area contributed by atoms with Crippen molar-refractivity contribution in [1.82, 2.24) is 0 Å². The number of nitro benzene ring substituents is 1. The number of nitrogens with zero attached hydrogens (tertiary/aromatic N) is 1. The van der Waals surface area contributed by atoms with Gasteiger partial charge in [-0.05, 0) is 24.3 Å². The van der Waals surface area contributed by atoms with Crippen LogP contribution in [0.4, 0.5) is 15.8 Å². The molecule has 3 N–H and O–H groups in total. The average molecular weight is 263 g/mol. The van der Waals surface area contributed by atoms with Gasteiger partial charge in [0.05, 0.1) is 4.92 Å². The molecule has 0 spiro atoms. The molecule has 0 aliphatic rings. The number of nitrogens with two attached hydrogens (primary N) is 1. The van der Waals surface area contributed by atoms with Crippen molar-refractivity contribution in [2.75, 3.05) is 5.43 Å². The summed E-state index contributed by atoms with van der Waals surface area (Å²) in [5, 5.41) is 11.0. The fourth-order valence-electron chi connectivity index (χ4n) is 1.57. The molecule has 2 rings (SSSR count). The van der Waals surface area contributed by atoms with Gasteiger partial charge in [-0.25, -0.2) is 4.39 Å². The third kappa shape index (κ3) is 2.78. The van der Waals surface area contributed by atoms with Crippen LogP contribution in [0.15, 0.2) is 42.5 Å². The fraction of sp³-hybridized carbons (Fsp3) is 0. The van der Waals surface area contributed by atoms with Gasteiger partial charge in [-0.15, -0.1) is 0 Å². The predicted octanol–water partition coefficient (Wildman–Crippen LogP) is 2.81. The highest BCUT2D eigenvalue weighted by atomic mass is 19.1. The lowest BCUT2D eigenvalue weighted by molar-refractivity contribution is -0.384. The Morgan fingerprint density at radius 2 is 2.00 bits per heavy atom. The number of nitro groups is 1. The van der Waals surface area contributed by atoms with E-state index in [1.165, 1.54) is 36.4 Å². The molecule has 0 saturated heterocycles. The monoisotopic (exact) mass is 263 g/mol. The van der Waals surface area contributed by atoms with Crippen LogP contribution in [-0.4, -0.2) is 4.92 Å². The van der Waals surface area contributed by atoms with E-state index >= 15 is 0 Å². The molecule has 0 unspecified atom stereocenters. The molecule has 0 aliphatic carbocycles. The van der Waals surface area contributed by atoms with Crippen LogP contribution in [-0.2, 0) is 0 Å². The molecule has 2 aromatic rings. The molecule has 19 heavy (non-hydrogen) atoms. The maximum absolute atomic E-state index is 13.0. The van der Waals surface area contributed by atoms with Crippen LogP contribution >= 0.6 is 0 Å². The second-order valence-electron chi connectivity index (χ2n) is 3.61. The zero-order valence-corrected chi connectivity index (χ0v) is 9.67. The summed E-state index contributed by atoms with van der Waals surface area (Å²) in [4.78, 5) is 10.4. The molecule has 0 amide bonds. The van der Waals surface area contributed by atoms with Crippen LogP contribution < -0.4 is 16.0 Å². The van der Waals surface area contributed by atoms with E-state index in [4.69, 9.17) is 10.6 Å². The standard InChI is InChI=1S/C12H10FN3O3/c13-8-3-1-4-9(7-8)19-11-6-2-5-10(15-14)12(11)16(17)18/h1-7,15H,14H2. The molecular weight excluding hydrogens is 253 g/mol. The Hall–Kier alpha value is -2.67. The van der Waals surface area contributed by atoms with Crippen molar-refractivity contribution in [1.29, 1.82) is 0 Å². The number of nitrogen functional groups attached to an aromatic ring is 1. The third-order valence-electron chi connectivity index (χ3n) is 2.36. The Bertz CT molecular complexity index is 619. The van der Waals surface area contributed by atoms with Crippen molar-refractivity contribution in [3.05, 3.63) is 58.4 Å². The third-order valence-corrected chi connectivity index (χ3v) is 2.36. The molecule has 0 aromatic heterocycles. The summed E-state index contributed by atoms with van der Waals surface area (Å²) >= 11 is 0. The minimum absolute atomic E-state index is 0.0222. The van der Waals surface area contributed by atoms with Gasteiger partial charge in [0.25, 0.3) is 0 Å². The van der Waals surface area contributed by atoms with E-state index in [2.05, 4.69) is 5.43 Å². The number of benzene rings is 2. The number of anilines is 1. The molecule has 0 atom stereocenters. The maximum atomic E-state index is 13.0. The van der Waals surface area contributed by atoms with E-state index in [0.29, 0.717) is 0 Å². The fourth-order valence-corrected chi connectivity index (χ4v) is 1.57. The summed E-state index contributed by atoms with van der Waals surface area (Å²) in [7, 11) is 0. The van der Waals surface area contributed by atoms with Crippen LogP contribution in [0.2, 0.25) is 0 Å². The molecule has 98 valence electrons. The summed E-state index contributed by atoms with van der Waals surface area (Å²) < 4.78 is 18.3. The average Bonchev–Trinajstić information content (AvgIpc) is 2.38. The second kappa shape index (κ2) is 5.32. The first-order valence-electron chi connectivity index (χ1n) is 5.29. The van der Waals surface area contributed by atoms with Gasteiger partial charge in [-0.2, -0.15) is 0 Å². The first-order chi connectivity index (χ1) is 9.11. The van der Waals surface area contributed by atoms with Crippen molar-refractivity contribution in [3.63, 3.8) is 0 Å². The molecule has 6 nitrogen and oxygen atoms in total. The molecule has 0 heterocycles. The summed E-state index contributed by atoms with van der Waals surface area (Å²) in [6.45, 7) is 0. The number of para-hydroxylation sites is 1. The van der Waals surface area contributed by atoms with Crippen LogP contribution in [0.1, 0.15) is 0 Å². The highest BCUT2D eigenvalue weighted by molar-refractivity contribution is 5.68. The van der Waals surface area contributed by atoms with Gasteiger partial charge in [-0.3, -0.25) is 16.0 Å². The van der Waals surface area contributed by atoms with Crippen molar-refractivity contribution >= 4 is 11.4 Å². The van der Waals surface area contributed by atoms with E-state index in [9.17, 15) is 14.5 Å². The largest absolute Gasteiger partial charge is 0.450 e. The molecule has 0 saturated carbocycles. The summed E-state index contributed by atoms with van der Waals surface area (Å²) in [5.41, 5.74) is 2.02. The minimum Gasteiger partial charge on any atom is -0.450 e. The summed E-state index contributed by atoms with van der Waals surface area (Å²) in [6, 6.07) is 9.71. The Morgan fingerprint density at radius 1 is 1.26 bits per heavy atom. The lowest BCUT2D eigenvalue weighted by Crippen LogP contribution is -2.09. The quantitative estimate of drug-likeness (QED) is 0.503. The number of hydrogen-bond donors (Lipinski definition) is 2. The molecular formula is C12H10FN3O3. The minimum atomic E-state index is -0.621. The predicted molar refractivity (Wildman–Crippen MR) is 67.4 cm³/mol. The molecule has 0 bridgehead atoms. The zero-order chi connectivity index (χ0) is 13.8. The van der Waals surface area contributed by atoms with Crippen LogP contribution in [0.3, 0.4) is 0 Å². The van der Waals surface area contributed by atoms with E-state index < -0.39 is 10.7 Å². The Balaban J connectivity index is 2.42. The zero-order valence-electron chi connectivity index (χ0n) is 9.67. The Morgan fingerprint density at radius 3 is 2.63 bits per heavy atom. The normalized spacial score (nSPS) is 10.0. The molecule has 0 aliphatic heterocycles. The first-order valence-corrected chi connectivity index (χ1v) is 5.29. The smallest absolute Gasteiger partial charge is 0.335 e. The van der Waals surface area contributed by atoms with Gasteiger partial charge >= 0.3 is 5.69 Å². The van der Waals surface area contributed by atoms with Crippen molar-refractivity contribution < 1.29 is 14.1 Å². The number of nitrogens with one attached hydrogen (secondary N) is 1. The molecule has 0 radical (unpaired) electrons. The summed E-state index contributed by atoms with van der Waals surface area (Å²) in [5.74, 6) is 4.85.